The van der Waals surface area contributed by atoms with Crippen molar-refractivity contribution in [3.63, 3.8) is 0 Å². The molecule has 0 N–H and O–H groups in total. The van der Waals surface area contributed by atoms with Gasteiger partial charge in [-0.2, -0.15) is 0 Å². The Labute approximate surface area is 174 Å². The van der Waals surface area contributed by atoms with E-state index in [9.17, 15) is 4.79 Å². The Morgan fingerprint density at radius 3 is 2.76 bits per heavy atom. The van der Waals surface area contributed by atoms with Crippen molar-refractivity contribution in [2.75, 3.05) is 5.75 Å². The topological polar surface area (TPSA) is 72.4 Å². The molecule has 0 fully saturated rings. The third-order valence-electron chi connectivity index (χ3n) is 4.83. The van der Waals surface area contributed by atoms with E-state index in [2.05, 4.69) is 16.3 Å². The highest BCUT2D eigenvalue weighted by Gasteiger charge is 2.22. The van der Waals surface area contributed by atoms with Gasteiger partial charge in [0, 0.05) is 11.3 Å². The van der Waals surface area contributed by atoms with Crippen LogP contribution in [-0.2, 0) is 11.3 Å². The van der Waals surface area contributed by atoms with Crippen LogP contribution < -0.4 is 0 Å². The van der Waals surface area contributed by atoms with Gasteiger partial charge < -0.3 is 13.7 Å². The number of benzene rings is 1. The highest BCUT2D eigenvalue weighted by molar-refractivity contribution is 7.99. The summed E-state index contributed by atoms with van der Waals surface area (Å²) in [7, 11) is 0. The molecular formula is C22H23N3O3S. The molecule has 1 aliphatic carbocycles. The van der Waals surface area contributed by atoms with Crippen LogP contribution in [0.15, 0.2) is 68.5 Å². The lowest BCUT2D eigenvalue weighted by Crippen LogP contribution is -2.32. The first-order chi connectivity index (χ1) is 14.2. The molecule has 0 radical (unpaired) electrons. The summed E-state index contributed by atoms with van der Waals surface area (Å²) in [5, 5.41) is 8.57. The standard InChI is InChI=1S/C22H23N3O3S/c1-16-9-11-17(12-10-16)21-23-24-22(28-21)29-15-20(26)25(14-19-8-5-13-27-19)18-6-3-2-4-7-18/h5-6,8-13H,2-4,7,14-15H2,1H3. The Hall–Kier alpha value is -2.80. The molecule has 6 nitrogen and oxygen atoms in total. The van der Waals surface area contributed by atoms with Crippen molar-refractivity contribution in [3.05, 3.63) is 65.8 Å². The molecule has 7 heteroatoms. The number of nitrogens with zero attached hydrogens (tertiary/aromatic N) is 3. The molecule has 1 aromatic carbocycles. The minimum Gasteiger partial charge on any atom is -0.467 e. The largest absolute Gasteiger partial charge is 0.467 e. The first kappa shape index (κ1) is 19.5. The molecule has 0 saturated heterocycles. The number of amides is 1. The van der Waals surface area contributed by atoms with E-state index in [4.69, 9.17) is 8.83 Å². The monoisotopic (exact) mass is 409 g/mol. The van der Waals surface area contributed by atoms with Crippen LogP contribution in [0.5, 0.6) is 0 Å². The van der Waals surface area contributed by atoms with Crippen LogP contribution in [0.2, 0.25) is 0 Å². The summed E-state index contributed by atoms with van der Waals surface area (Å²) >= 11 is 1.26. The molecule has 0 unspecified atom stereocenters. The van der Waals surface area contributed by atoms with Crippen molar-refractivity contribution in [1.82, 2.24) is 15.1 Å². The Balaban J connectivity index is 1.42. The van der Waals surface area contributed by atoms with Crippen LogP contribution in [0.1, 0.15) is 37.0 Å². The fourth-order valence-corrected chi connectivity index (χ4v) is 3.90. The van der Waals surface area contributed by atoms with Gasteiger partial charge in [0.15, 0.2) is 0 Å². The first-order valence-corrected chi connectivity index (χ1v) is 10.7. The average Bonchev–Trinajstić information content (AvgIpc) is 3.44. The van der Waals surface area contributed by atoms with Crippen LogP contribution in [0.4, 0.5) is 0 Å². The Morgan fingerprint density at radius 1 is 1.17 bits per heavy atom. The van der Waals surface area contributed by atoms with E-state index in [0.29, 0.717) is 17.7 Å². The molecule has 0 saturated carbocycles. The second kappa shape index (κ2) is 9.13. The minimum atomic E-state index is 0.00892. The summed E-state index contributed by atoms with van der Waals surface area (Å²) in [6.45, 7) is 2.47. The molecule has 29 heavy (non-hydrogen) atoms. The number of allylic oxidation sites excluding steroid dienone is 2. The maximum Gasteiger partial charge on any atom is 0.277 e. The third-order valence-corrected chi connectivity index (χ3v) is 5.64. The van der Waals surface area contributed by atoms with E-state index >= 15 is 0 Å². The maximum absolute atomic E-state index is 13.0. The van der Waals surface area contributed by atoms with Crippen LogP contribution >= 0.6 is 11.8 Å². The smallest absolute Gasteiger partial charge is 0.277 e. The van der Waals surface area contributed by atoms with Crippen molar-refractivity contribution in [2.45, 2.75) is 44.4 Å². The molecule has 4 rings (SSSR count). The molecule has 0 atom stereocenters. The Bertz CT molecular complexity index is 977. The summed E-state index contributed by atoms with van der Waals surface area (Å²) in [5.74, 6) is 1.47. The van der Waals surface area contributed by atoms with Gasteiger partial charge in [-0.3, -0.25) is 4.79 Å². The molecule has 2 heterocycles. The van der Waals surface area contributed by atoms with E-state index < -0.39 is 0 Å². The molecule has 150 valence electrons. The van der Waals surface area contributed by atoms with E-state index in [-0.39, 0.29) is 11.7 Å². The summed E-state index contributed by atoms with van der Waals surface area (Å²) in [6, 6.07) is 11.6. The molecular weight excluding hydrogens is 386 g/mol. The quantitative estimate of drug-likeness (QED) is 0.498. The molecule has 2 aromatic heterocycles. The van der Waals surface area contributed by atoms with E-state index in [1.807, 2.05) is 48.2 Å². The summed E-state index contributed by atoms with van der Waals surface area (Å²) < 4.78 is 11.2. The molecule has 3 aromatic rings. The average molecular weight is 410 g/mol. The van der Waals surface area contributed by atoms with Crippen LogP contribution in [0, 0.1) is 6.92 Å². The van der Waals surface area contributed by atoms with Gasteiger partial charge in [-0.1, -0.05) is 35.5 Å². The number of rotatable bonds is 7. The number of thioether (sulfide) groups is 1. The Kier molecular flexibility index (Phi) is 6.14. The number of hydrogen-bond donors (Lipinski definition) is 0. The van der Waals surface area contributed by atoms with Gasteiger partial charge in [0.2, 0.25) is 11.8 Å². The minimum absolute atomic E-state index is 0.00892. The van der Waals surface area contributed by atoms with Crippen molar-refractivity contribution >= 4 is 17.7 Å². The van der Waals surface area contributed by atoms with E-state index in [1.54, 1.807) is 6.26 Å². The Morgan fingerprint density at radius 2 is 2.03 bits per heavy atom. The fraction of sp³-hybridized carbons (Fsp3) is 0.318. The van der Waals surface area contributed by atoms with Gasteiger partial charge in [0.25, 0.3) is 5.22 Å². The molecule has 0 spiro atoms. The third kappa shape index (κ3) is 4.98. The highest BCUT2D eigenvalue weighted by atomic mass is 32.2. The van der Waals surface area contributed by atoms with Crippen molar-refractivity contribution in [1.29, 1.82) is 0 Å². The number of aryl methyl sites for hydroxylation is 1. The number of hydrogen-bond acceptors (Lipinski definition) is 6. The van der Waals surface area contributed by atoms with Gasteiger partial charge in [-0.15, -0.1) is 10.2 Å². The lowest BCUT2D eigenvalue weighted by atomic mass is 10.0. The zero-order chi connectivity index (χ0) is 20.1. The maximum atomic E-state index is 13.0. The number of carbonyl (C=O) groups is 1. The van der Waals surface area contributed by atoms with E-state index in [0.717, 1.165) is 36.3 Å². The van der Waals surface area contributed by atoms with Gasteiger partial charge in [-0.25, -0.2) is 0 Å². The summed E-state index contributed by atoms with van der Waals surface area (Å²) in [6.07, 6.45) is 7.99. The fourth-order valence-electron chi connectivity index (χ4n) is 3.26. The number of furan rings is 1. The van der Waals surface area contributed by atoms with E-state index in [1.165, 1.54) is 23.7 Å². The predicted octanol–water partition coefficient (Wildman–Crippen LogP) is 5.22. The van der Waals surface area contributed by atoms with Gasteiger partial charge >= 0.3 is 0 Å². The SMILES string of the molecule is Cc1ccc(-c2nnc(SCC(=O)N(Cc3ccco3)C3=CCCCC3)o2)cc1. The van der Waals surface area contributed by atoms with Crippen LogP contribution in [0.3, 0.4) is 0 Å². The van der Waals surface area contributed by atoms with Crippen molar-refractivity contribution < 1.29 is 13.6 Å². The molecule has 1 aliphatic rings. The predicted molar refractivity (Wildman–Crippen MR) is 111 cm³/mol. The number of carbonyl (C=O) groups excluding carboxylic acids is 1. The normalized spacial score (nSPS) is 13.9. The first-order valence-electron chi connectivity index (χ1n) is 9.74. The summed E-state index contributed by atoms with van der Waals surface area (Å²) in [4.78, 5) is 14.8. The highest BCUT2D eigenvalue weighted by Crippen LogP contribution is 2.27. The van der Waals surface area contributed by atoms with Gasteiger partial charge in [-0.05, 0) is 56.9 Å². The van der Waals surface area contributed by atoms with Crippen molar-refractivity contribution in [3.8, 4) is 11.5 Å². The molecule has 0 aliphatic heterocycles. The van der Waals surface area contributed by atoms with Gasteiger partial charge in [0.1, 0.15) is 5.76 Å². The van der Waals surface area contributed by atoms with Crippen LogP contribution in [-0.4, -0.2) is 26.8 Å². The zero-order valence-electron chi connectivity index (χ0n) is 16.3. The molecule has 0 bridgehead atoms. The second-order valence-corrected chi connectivity index (χ2v) is 7.95. The number of aromatic nitrogens is 2. The van der Waals surface area contributed by atoms with Gasteiger partial charge in [0.05, 0.1) is 18.6 Å². The second-order valence-electron chi connectivity index (χ2n) is 7.03. The lowest BCUT2D eigenvalue weighted by Gasteiger charge is -2.26. The van der Waals surface area contributed by atoms with Crippen molar-refractivity contribution in [2.24, 2.45) is 0 Å². The van der Waals surface area contributed by atoms with Crippen LogP contribution in [0.25, 0.3) is 11.5 Å². The lowest BCUT2D eigenvalue weighted by molar-refractivity contribution is -0.127. The zero-order valence-corrected chi connectivity index (χ0v) is 17.2. The summed E-state index contributed by atoms with van der Waals surface area (Å²) in [5.41, 5.74) is 3.11. The molecule has 1 amide bonds.